The van der Waals surface area contributed by atoms with Crippen molar-refractivity contribution < 1.29 is 8.42 Å². The topological polar surface area (TPSA) is 46.2 Å². The van der Waals surface area contributed by atoms with Crippen molar-refractivity contribution in [2.45, 2.75) is 64.8 Å². The van der Waals surface area contributed by atoms with Gasteiger partial charge in [0.25, 0.3) is 0 Å². The van der Waals surface area contributed by atoms with E-state index >= 15 is 0 Å². The molecule has 1 atom stereocenters. The van der Waals surface area contributed by atoms with Gasteiger partial charge in [-0.05, 0) is 25.8 Å². The molecule has 0 aromatic carbocycles. The molecule has 104 valence electrons. The Bertz CT molecular complexity index is 263. The van der Waals surface area contributed by atoms with Gasteiger partial charge in [-0.25, -0.2) is 8.42 Å². The summed E-state index contributed by atoms with van der Waals surface area (Å²) in [5.74, 6) is 0.308. The maximum Gasteiger partial charge on any atom is 0.147 e. The Kier molecular flexibility index (Phi) is 9.84. The van der Waals surface area contributed by atoms with E-state index in [0.717, 1.165) is 25.8 Å². The van der Waals surface area contributed by atoms with Crippen LogP contribution >= 0.6 is 0 Å². The lowest BCUT2D eigenvalue weighted by molar-refractivity contribution is 0.444. The lowest BCUT2D eigenvalue weighted by Gasteiger charge is -2.18. The van der Waals surface area contributed by atoms with Crippen molar-refractivity contribution in [3.05, 3.63) is 0 Å². The van der Waals surface area contributed by atoms with Crippen LogP contribution in [0.2, 0.25) is 0 Å². The van der Waals surface area contributed by atoms with E-state index in [0.29, 0.717) is 11.8 Å². The van der Waals surface area contributed by atoms with Crippen LogP contribution in [0.25, 0.3) is 0 Å². The molecule has 0 rings (SSSR count). The Morgan fingerprint density at radius 2 is 1.71 bits per heavy atom. The molecule has 0 aliphatic carbocycles. The molecule has 4 heteroatoms. The third-order valence-electron chi connectivity index (χ3n) is 2.93. The van der Waals surface area contributed by atoms with Crippen LogP contribution in [0.1, 0.15) is 58.8 Å². The van der Waals surface area contributed by atoms with Crippen molar-refractivity contribution in [1.82, 2.24) is 5.32 Å². The second kappa shape index (κ2) is 9.89. The zero-order valence-corrected chi connectivity index (χ0v) is 12.5. The number of hydrogen-bond acceptors (Lipinski definition) is 3. The summed E-state index contributed by atoms with van der Waals surface area (Å²) in [7, 11) is -2.82. The van der Waals surface area contributed by atoms with Gasteiger partial charge in [-0.15, -0.1) is 0 Å². The first-order valence-electron chi connectivity index (χ1n) is 6.90. The van der Waals surface area contributed by atoms with Crippen LogP contribution < -0.4 is 5.32 Å². The van der Waals surface area contributed by atoms with Gasteiger partial charge in [0.15, 0.2) is 0 Å². The summed E-state index contributed by atoms with van der Waals surface area (Å²) in [5, 5.41) is 3.45. The number of hydrogen-bond donors (Lipinski definition) is 1. The van der Waals surface area contributed by atoms with E-state index in [4.69, 9.17) is 0 Å². The van der Waals surface area contributed by atoms with E-state index in [2.05, 4.69) is 19.2 Å². The fourth-order valence-corrected chi connectivity index (χ4v) is 2.58. The van der Waals surface area contributed by atoms with Crippen LogP contribution in [0.15, 0.2) is 0 Å². The van der Waals surface area contributed by atoms with Crippen molar-refractivity contribution in [3.63, 3.8) is 0 Å². The van der Waals surface area contributed by atoms with Crippen molar-refractivity contribution in [2.24, 2.45) is 0 Å². The summed E-state index contributed by atoms with van der Waals surface area (Å²) >= 11 is 0. The van der Waals surface area contributed by atoms with Crippen LogP contribution in [0.5, 0.6) is 0 Å². The fraction of sp³-hybridized carbons (Fsp3) is 1.00. The summed E-state index contributed by atoms with van der Waals surface area (Å²) in [5.41, 5.74) is 0. The van der Waals surface area contributed by atoms with E-state index in [-0.39, 0.29) is 0 Å². The van der Waals surface area contributed by atoms with E-state index in [1.54, 1.807) is 0 Å². The van der Waals surface area contributed by atoms with Crippen LogP contribution in [0.3, 0.4) is 0 Å². The van der Waals surface area contributed by atoms with Gasteiger partial charge in [0.2, 0.25) is 0 Å². The third kappa shape index (κ3) is 12.2. The molecule has 0 fully saturated rings. The average molecular weight is 263 g/mol. The Morgan fingerprint density at radius 3 is 2.24 bits per heavy atom. The minimum absolute atomic E-state index is 0.308. The normalized spacial score (nSPS) is 13.8. The molecule has 0 radical (unpaired) electrons. The number of unbranched alkanes of at least 4 members (excludes halogenated alkanes) is 3. The van der Waals surface area contributed by atoms with E-state index in [9.17, 15) is 8.42 Å². The van der Waals surface area contributed by atoms with Crippen molar-refractivity contribution in [1.29, 1.82) is 0 Å². The first-order chi connectivity index (χ1) is 7.99. The molecule has 17 heavy (non-hydrogen) atoms. The Labute approximate surface area is 107 Å². The minimum atomic E-state index is -2.82. The largest absolute Gasteiger partial charge is 0.314 e. The second-order valence-corrected chi connectivity index (χ2v) is 7.18. The molecule has 0 saturated heterocycles. The second-order valence-electron chi connectivity index (χ2n) is 4.92. The van der Waals surface area contributed by atoms with Gasteiger partial charge in [-0.2, -0.15) is 0 Å². The Hall–Kier alpha value is -0.0900. The maximum absolute atomic E-state index is 11.2. The highest BCUT2D eigenvalue weighted by Crippen LogP contribution is 2.09. The first-order valence-corrected chi connectivity index (χ1v) is 8.96. The molecule has 0 aliphatic heterocycles. The van der Waals surface area contributed by atoms with Gasteiger partial charge in [0.05, 0.1) is 5.75 Å². The Balaban J connectivity index is 3.87. The predicted octanol–water partition coefficient (Wildman–Crippen LogP) is 2.76. The molecule has 0 aromatic heterocycles. The fourth-order valence-electron chi connectivity index (χ4n) is 1.87. The summed E-state index contributed by atoms with van der Waals surface area (Å²) < 4.78 is 22.3. The van der Waals surface area contributed by atoms with E-state index in [1.807, 2.05) is 0 Å². The first kappa shape index (κ1) is 16.9. The van der Waals surface area contributed by atoms with Gasteiger partial charge in [0.1, 0.15) is 9.84 Å². The highest BCUT2D eigenvalue weighted by molar-refractivity contribution is 7.90. The molecule has 0 spiro atoms. The van der Waals surface area contributed by atoms with E-state index in [1.165, 1.54) is 31.9 Å². The molecule has 0 heterocycles. The zero-order chi connectivity index (χ0) is 13.1. The van der Waals surface area contributed by atoms with E-state index < -0.39 is 9.84 Å². The van der Waals surface area contributed by atoms with Gasteiger partial charge in [0, 0.05) is 12.3 Å². The summed E-state index contributed by atoms with van der Waals surface area (Å²) in [6, 6.07) is 0.376. The Morgan fingerprint density at radius 1 is 1.00 bits per heavy atom. The lowest BCUT2D eigenvalue weighted by Crippen LogP contribution is -2.31. The highest BCUT2D eigenvalue weighted by atomic mass is 32.2. The molecule has 0 bridgehead atoms. The molecule has 1 unspecified atom stereocenters. The van der Waals surface area contributed by atoms with Gasteiger partial charge >= 0.3 is 0 Å². The molecular weight excluding hydrogens is 234 g/mol. The van der Waals surface area contributed by atoms with Gasteiger partial charge in [-0.1, -0.05) is 39.5 Å². The number of sulfone groups is 1. The zero-order valence-electron chi connectivity index (χ0n) is 11.7. The van der Waals surface area contributed by atoms with Crippen molar-refractivity contribution in [3.8, 4) is 0 Å². The average Bonchev–Trinajstić information content (AvgIpc) is 2.25. The lowest BCUT2D eigenvalue weighted by atomic mass is 10.1. The van der Waals surface area contributed by atoms with Crippen LogP contribution in [-0.4, -0.2) is 33.0 Å². The number of nitrogens with one attached hydrogen (secondary N) is 1. The quantitative estimate of drug-likeness (QED) is 0.583. The molecule has 0 amide bonds. The van der Waals surface area contributed by atoms with Crippen molar-refractivity contribution in [2.75, 3.05) is 18.6 Å². The summed E-state index contributed by atoms with van der Waals surface area (Å²) in [6.45, 7) is 5.33. The minimum Gasteiger partial charge on any atom is -0.314 e. The highest BCUT2D eigenvalue weighted by Gasteiger charge is 2.11. The van der Waals surface area contributed by atoms with Crippen LogP contribution in [0, 0.1) is 0 Å². The molecule has 0 aromatic rings. The maximum atomic E-state index is 11.2. The SMILES string of the molecule is CCCCCCC(CCS(C)(=O)=O)NCCC. The third-order valence-corrected chi connectivity index (χ3v) is 3.90. The monoisotopic (exact) mass is 263 g/mol. The number of rotatable bonds is 11. The standard InChI is InChI=1S/C13H29NO2S/c1-4-6-7-8-9-13(14-11-5-2)10-12-17(3,15)16/h13-14H,4-12H2,1-3H3. The van der Waals surface area contributed by atoms with Crippen molar-refractivity contribution >= 4 is 9.84 Å². The predicted molar refractivity (Wildman–Crippen MR) is 75.2 cm³/mol. The van der Waals surface area contributed by atoms with Gasteiger partial charge < -0.3 is 5.32 Å². The summed E-state index contributed by atoms with van der Waals surface area (Å²) in [6.07, 6.45) is 9.29. The summed E-state index contributed by atoms with van der Waals surface area (Å²) in [4.78, 5) is 0. The van der Waals surface area contributed by atoms with Crippen LogP contribution in [0.4, 0.5) is 0 Å². The smallest absolute Gasteiger partial charge is 0.147 e. The molecule has 3 nitrogen and oxygen atoms in total. The molecular formula is C13H29NO2S. The van der Waals surface area contributed by atoms with Crippen LogP contribution in [-0.2, 0) is 9.84 Å². The molecule has 1 N–H and O–H groups in total. The molecule has 0 aliphatic rings. The van der Waals surface area contributed by atoms with Gasteiger partial charge in [-0.3, -0.25) is 0 Å². The molecule has 0 saturated carbocycles.